The van der Waals surface area contributed by atoms with E-state index in [9.17, 15) is 19.8 Å². The van der Waals surface area contributed by atoms with Crippen LogP contribution in [0.4, 0.5) is 0 Å². The van der Waals surface area contributed by atoms with Crippen molar-refractivity contribution < 1.29 is 28.9 Å². The first-order valence-corrected chi connectivity index (χ1v) is 14.2. The fourth-order valence-corrected chi connectivity index (χ4v) is 6.57. The second-order valence-corrected chi connectivity index (χ2v) is 11.8. The molecule has 9 nitrogen and oxygen atoms in total. The van der Waals surface area contributed by atoms with E-state index in [0.717, 1.165) is 24.0 Å². The number of ether oxygens (including phenoxy) is 2. The Labute approximate surface area is 236 Å². The van der Waals surface area contributed by atoms with E-state index in [1.165, 1.54) is 17.6 Å². The fourth-order valence-electron chi connectivity index (χ4n) is 5.36. The van der Waals surface area contributed by atoms with Crippen molar-refractivity contribution in [3.8, 4) is 16.5 Å². The summed E-state index contributed by atoms with van der Waals surface area (Å²) in [6.07, 6.45) is 5.42. The number of oxazole rings is 1. The smallest absolute Gasteiger partial charge is 0.313 e. The first kappa shape index (κ1) is 28.1. The zero-order valence-corrected chi connectivity index (χ0v) is 23.9. The number of nitrogens with zero attached hydrogens (tertiary/aromatic N) is 2. The quantitative estimate of drug-likeness (QED) is 0.280. The Kier molecular flexibility index (Phi) is 7.85. The van der Waals surface area contributed by atoms with E-state index >= 15 is 0 Å². The zero-order valence-electron chi connectivity index (χ0n) is 23.0. The van der Waals surface area contributed by atoms with E-state index in [4.69, 9.17) is 13.9 Å². The molecule has 3 heterocycles. The average molecular weight is 567 g/mol. The number of methoxy groups -OCH3 is 1. The normalized spacial score (nSPS) is 18.6. The third-order valence-electron chi connectivity index (χ3n) is 7.82. The minimum absolute atomic E-state index is 0.0527. The lowest BCUT2D eigenvalue weighted by molar-refractivity contribution is -0.142. The second-order valence-electron chi connectivity index (χ2n) is 10.8. The molecule has 1 fully saturated rings. The minimum atomic E-state index is -1.43. The van der Waals surface area contributed by atoms with Crippen LogP contribution in [0.2, 0.25) is 0 Å². The van der Waals surface area contributed by atoms with E-state index in [1.54, 1.807) is 37.6 Å². The Bertz CT molecular complexity index is 1560. The molecule has 0 unspecified atom stereocenters. The van der Waals surface area contributed by atoms with Crippen molar-refractivity contribution in [2.75, 3.05) is 7.11 Å². The highest BCUT2D eigenvalue weighted by atomic mass is 32.1. The number of pyridine rings is 1. The Morgan fingerprint density at radius 1 is 1.25 bits per heavy atom. The fraction of sp³-hybridized carbons (Fsp3) is 0.433. The van der Waals surface area contributed by atoms with E-state index in [0.29, 0.717) is 46.3 Å². The van der Waals surface area contributed by atoms with Gasteiger partial charge in [0.15, 0.2) is 0 Å². The van der Waals surface area contributed by atoms with E-state index in [-0.39, 0.29) is 23.3 Å². The predicted molar refractivity (Wildman–Crippen MR) is 151 cm³/mol. The van der Waals surface area contributed by atoms with Gasteiger partial charge in [0.25, 0.3) is 5.56 Å². The number of para-hydroxylation sites is 1. The lowest BCUT2D eigenvalue weighted by Gasteiger charge is -2.31. The van der Waals surface area contributed by atoms with Crippen molar-refractivity contribution in [1.29, 1.82) is 0 Å². The number of carboxylic acids is 1. The maximum Gasteiger partial charge on any atom is 0.313 e. The van der Waals surface area contributed by atoms with Gasteiger partial charge in [-0.25, -0.2) is 4.98 Å². The first-order valence-electron chi connectivity index (χ1n) is 13.4. The van der Waals surface area contributed by atoms with Crippen molar-refractivity contribution in [3.63, 3.8) is 0 Å². The van der Waals surface area contributed by atoms with E-state index in [2.05, 4.69) is 4.98 Å². The molecule has 40 heavy (non-hydrogen) atoms. The standard InChI is InChI=1S/C30H34N2O7S/c1-17-25(26-31-13-14-38-26)40-28-18(15-22(27(34)32(17)28)30(2,3)29(35)36)16-24(21-7-5-6-8-23(21)37-4)39-20-11-9-19(33)10-12-20/h5-8,13-15,19-20,24,33H,9-12,16H2,1-4H3,(H,35,36)/t19-,20+,24-/m0/s1. The molecule has 1 aliphatic rings. The maximum atomic E-state index is 13.8. The number of hydrogen-bond donors (Lipinski definition) is 2. The maximum absolute atomic E-state index is 13.8. The summed E-state index contributed by atoms with van der Waals surface area (Å²) in [5, 5.41) is 20.1. The summed E-state index contributed by atoms with van der Waals surface area (Å²) in [4.78, 5) is 31.8. The summed E-state index contributed by atoms with van der Waals surface area (Å²) >= 11 is 1.38. The number of benzene rings is 1. The minimum Gasteiger partial charge on any atom is -0.496 e. The van der Waals surface area contributed by atoms with Gasteiger partial charge in [-0.1, -0.05) is 18.2 Å². The van der Waals surface area contributed by atoms with Crippen molar-refractivity contribution in [2.45, 2.75) is 76.6 Å². The zero-order chi connectivity index (χ0) is 28.6. The van der Waals surface area contributed by atoms with Crippen LogP contribution in [0.3, 0.4) is 0 Å². The van der Waals surface area contributed by atoms with Crippen molar-refractivity contribution >= 4 is 22.1 Å². The molecular formula is C30H34N2O7S. The number of hydrogen-bond acceptors (Lipinski definition) is 8. The predicted octanol–water partition coefficient (Wildman–Crippen LogP) is 5.30. The lowest BCUT2D eigenvalue weighted by Crippen LogP contribution is -2.36. The SMILES string of the molecule is COc1ccccc1[C@H](Cc1cc(C(C)(C)C(=O)O)c(=O)n2c(C)c(-c3ncco3)sc12)O[C@H]1CC[C@@H](O)CC1. The molecule has 3 aromatic heterocycles. The highest BCUT2D eigenvalue weighted by Gasteiger charge is 2.35. The van der Waals surface area contributed by atoms with E-state index in [1.807, 2.05) is 31.2 Å². The van der Waals surface area contributed by atoms with Gasteiger partial charge < -0.3 is 24.1 Å². The molecule has 10 heteroatoms. The Hall–Kier alpha value is -3.47. The summed E-state index contributed by atoms with van der Waals surface area (Å²) in [6.45, 7) is 4.90. The number of carbonyl (C=O) groups is 1. The van der Waals surface area contributed by atoms with Crippen molar-refractivity contribution in [1.82, 2.24) is 9.38 Å². The molecule has 0 bridgehead atoms. The molecule has 0 radical (unpaired) electrons. The van der Waals surface area contributed by atoms with Crippen LogP contribution in [0.5, 0.6) is 5.75 Å². The van der Waals surface area contributed by atoms with E-state index < -0.39 is 17.5 Å². The van der Waals surface area contributed by atoms with Gasteiger partial charge in [-0.15, -0.1) is 11.3 Å². The van der Waals surface area contributed by atoms with Gasteiger partial charge in [-0.2, -0.15) is 0 Å². The molecule has 212 valence electrons. The van der Waals surface area contributed by atoms with Crippen LogP contribution in [0.1, 0.15) is 68.0 Å². The van der Waals surface area contributed by atoms with Crippen molar-refractivity contribution in [2.24, 2.45) is 0 Å². The first-order chi connectivity index (χ1) is 19.1. The molecule has 0 aliphatic heterocycles. The molecule has 1 aromatic carbocycles. The van der Waals surface area contributed by atoms with Crippen LogP contribution in [0, 0.1) is 6.92 Å². The van der Waals surface area contributed by atoms with Crippen LogP contribution < -0.4 is 10.3 Å². The second kappa shape index (κ2) is 11.2. The van der Waals surface area contributed by atoms with Crippen molar-refractivity contribution in [3.05, 3.63) is 75.5 Å². The van der Waals surface area contributed by atoms with Gasteiger partial charge in [0.1, 0.15) is 21.7 Å². The highest BCUT2D eigenvalue weighted by molar-refractivity contribution is 7.21. The molecular weight excluding hydrogens is 532 g/mol. The van der Waals surface area contributed by atoms with Gasteiger partial charge in [-0.05, 0) is 64.2 Å². The molecule has 1 saturated carbocycles. The number of aliphatic hydroxyl groups excluding tert-OH is 1. The number of carboxylic acid groups (broad SMARTS) is 1. The van der Waals surface area contributed by atoms with Gasteiger partial charge in [-0.3, -0.25) is 14.0 Å². The van der Waals surface area contributed by atoms with Crippen LogP contribution in [-0.2, 0) is 21.4 Å². The van der Waals surface area contributed by atoms with Gasteiger partial charge >= 0.3 is 5.97 Å². The molecule has 0 spiro atoms. The number of rotatable bonds is 9. The number of aliphatic carboxylic acids is 1. The number of fused-ring (bicyclic) bond motifs is 1. The average Bonchev–Trinajstić information content (AvgIpc) is 3.59. The van der Waals surface area contributed by atoms with Crippen LogP contribution in [0.15, 0.2) is 52.0 Å². The summed E-state index contributed by atoms with van der Waals surface area (Å²) < 4.78 is 19.5. The van der Waals surface area contributed by atoms with Gasteiger partial charge in [0.2, 0.25) is 5.89 Å². The number of thiazole rings is 1. The number of aromatic nitrogens is 2. The molecule has 1 atom stereocenters. The van der Waals surface area contributed by atoms with Crippen LogP contribution in [0.25, 0.3) is 15.6 Å². The van der Waals surface area contributed by atoms with Crippen LogP contribution in [-0.4, -0.2) is 44.9 Å². The largest absolute Gasteiger partial charge is 0.496 e. The van der Waals surface area contributed by atoms with Gasteiger partial charge in [0, 0.05) is 23.2 Å². The molecule has 2 N–H and O–H groups in total. The third-order valence-corrected chi connectivity index (χ3v) is 9.13. The molecule has 4 aromatic rings. The lowest BCUT2D eigenvalue weighted by atomic mass is 9.84. The molecule has 0 saturated heterocycles. The van der Waals surface area contributed by atoms with Crippen LogP contribution >= 0.6 is 11.3 Å². The monoisotopic (exact) mass is 566 g/mol. The Morgan fingerprint density at radius 3 is 2.62 bits per heavy atom. The Balaban J connectivity index is 1.69. The number of aryl methyl sites for hydroxylation is 1. The van der Waals surface area contributed by atoms with Gasteiger partial charge in [0.05, 0.1) is 37.0 Å². The topological polar surface area (TPSA) is 124 Å². The third kappa shape index (κ3) is 5.18. The summed E-state index contributed by atoms with van der Waals surface area (Å²) in [7, 11) is 1.62. The molecule has 5 rings (SSSR count). The number of aliphatic hydroxyl groups is 1. The Morgan fingerprint density at radius 2 is 1.98 bits per heavy atom. The summed E-state index contributed by atoms with van der Waals surface area (Å²) in [5.74, 6) is -0.00917. The summed E-state index contributed by atoms with van der Waals surface area (Å²) in [6, 6.07) is 9.40. The highest BCUT2D eigenvalue weighted by Crippen LogP contribution is 2.39. The summed E-state index contributed by atoms with van der Waals surface area (Å²) in [5.41, 5.74) is 0.654. The molecule has 0 amide bonds. The molecule has 1 aliphatic carbocycles.